The number of carbonyl (C=O) groups excluding carboxylic acids is 3. The third-order valence-corrected chi connectivity index (χ3v) is 13.0. The van der Waals surface area contributed by atoms with Crippen molar-refractivity contribution in [3.8, 4) is 23.0 Å². The van der Waals surface area contributed by atoms with Gasteiger partial charge in [-0.15, -0.1) is 0 Å². The number of piperidine rings is 1. The maximum absolute atomic E-state index is 13.6. The van der Waals surface area contributed by atoms with Crippen LogP contribution >= 0.6 is 0 Å². The minimum absolute atomic E-state index is 0.00672. The van der Waals surface area contributed by atoms with Crippen LogP contribution in [0.15, 0.2) is 60.7 Å². The molecule has 8 rings (SSSR count). The van der Waals surface area contributed by atoms with Gasteiger partial charge in [-0.25, -0.2) is 4.79 Å². The van der Waals surface area contributed by atoms with E-state index < -0.39 is 18.2 Å². The molecule has 4 heterocycles. The van der Waals surface area contributed by atoms with Gasteiger partial charge < -0.3 is 54.3 Å². The molecule has 1 saturated carbocycles. The van der Waals surface area contributed by atoms with Crippen LogP contribution in [0.2, 0.25) is 0 Å². The second-order valence-electron chi connectivity index (χ2n) is 17.8. The Labute approximate surface area is 394 Å². The Hall–Kier alpha value is -5.63. The van der Waals surface area contributed by atoms with Gasteiger partial charge in [0.2, 0.25) is 12.0 Å². The molecule has 4 aliphatic heterocycles. The third-order valence-electron chi connectivity index (χ3n) is 13.0. The lowest BCUT2D eigenvalue weighted by Crippen LogP contribution is -2.60. The van der Waals surface area contributed by atoms with Gasteiger partial charge in [-0.3, -0.25) is 19.3 Å². The number of nitrogens with zero attached hydrogens (tertiary/aromatic N) is 3. The van der Waals surface area contributed by atoms with Crippen molar-refractivity contribution >= 4 is 29.4 Å². The Balaban J connectivity index is 0.000000908. The summed E-state index contributed by atoms with van der Waals surface area (Å²) in [6.07, 6.45) is 3.41. The summed E-state index contributed by atoms with van der Waals surface area (Å²) in [6.45, 7) is 7.39. The number of fused-ring (bicyclic) bond motifs is 2. The molecule has 3 aromatic carbocycles. The first-order valence-electron chi connectivity index (χ1n) is 23.5. The van der Waals surface area contributed by atoms with E-state index in [-0.39, 0.29) is 48.3 Å². The number of ether oxygens (including phenoxy) is 5. The number of phenolic OH excluding ortho intramolecular Hbond substituents is 1. The Morgan fingerprint density at radius 2 is 1.66 bits per heavy atom. The number of hydrogen-bond donors (Lipinski definition) is 4. The van der Waals surface area contributed by atoms with Crippen molar-refractivity contribution in [1.29, 1.82) is 0 Å². The van der Waals surface area contributed by atoms with E-state index >= 15 is 0 Å². The lowest BCUT2D eigenvalue weighted by Gasteiger charge is -2.47. The number of anilines is 1. The molecule has 0 bridgehead atoms. The largest absolute Gasteiger partial charge is 0.506 e. The van der Waals surface area contributed by atoms with Gasteiger partial charge in [0.1, 0.15) is 18.0 Å². The number of morpholine rings is 1. The summed E-state index contributed by atoms with van der Waals surface area (Å²) >= 11 is 0. The molecule has 1 aliphatic carbocycles. The molecule has 68 heavy (non-hydrogen) atoms. The highest BCUT2D eigenvalue weighted by atomic mass is 19.4. The SMILES string of the molecule is O=C(O)C(F)(F)F.O=C1COc2c(CCNCCN(C(=O)CCOCCc3cccc(CN4CCC5(CC4)CN(C(=O)C4COc6ccccc6O4)CCO5)c3)C3CCCCC3)ccc(O)c2N1. The van der Waals surface area contributed by atoms with Gasteiger partial charge in [0.05, 0.1) is 31.8 Å². The van der Waals surface area contributed by atoms with Crippen LogP contribution in [0.25, 0.3) is 0 Å². The van der Waals surface area contributed by atoms with Gasteiger partial charge in [0.15, 0.2) is 23.9 Å². The Kier molecular flexibility index (Phi) is 17.4. The van der Waals surface area contributed by atoms with Crippen molar-refractivity contribution in [2.45, 2.75) is 94.7 Å². The van der Waals surface area contributed by atoms with Gasteiger partial charge in [-0.05, 0) is 80.0 Å². The molecule has 4 N–H and O–H groups in total. The Bertz CT molecular complexity index is 2200. The van der Waals surface area contributed by atoms with E-state index in [0.29, 0.717) is 88.3 Å². The van der Waals surface area contributed by atoms with Crippen LogP contribution in [0.1, 0.15) is 68.1 Å². The first-order valence-corrected chi connectivity index (χ1v) is 23.5. The second-order valence-corrected chi connectivity index (χ2v) is 17.8. The third kappa shape index (κ3) is 13.8. The molecule has 1 unspecified atom stereocenters. The molecule has 3 aromatic rings. The number of para-hydroxylation sites is 2. The predicted octanol–water partition coefficient (Wildman–Crippen LogP) is 5.33. The molecule has 2 saturated heterocycles. The van der Waals surface area contributed by atoms with Crippen molar-refractivity contribution in [2.75, 3.05) is 84.2 Å². The predicted molar refractivity (Wildman–Crippen MR) is 243 cm³/mol. The van der Waals surface area contributed by atoms with Crippen LogP contribution in [0.4, 0.5) is 18.9 Å². The summed E-state index contributed by atoms with van der Waals surface area (Å²) in [6, 6.07) is 19.8. The lowest BCUT2D eigenvalue weighted by atomic mass is 9.89. The summed E-state index contributed by atoms with van der Waals surface area (Å²) in [4.78, 5) is 54.2. The van der Waals surface area contributed by atoms with Crippen LogP contribution in [-0.4, -0.2) is 151 Å². The van der Waals surface area contributed by atoms with Crippen LogP contribution < -0.4 is 24.8 Å². The van der Waals surface area contributed by atoms with Crippen molar-refractivity contribution in [2.24, 2.45) is 0 Å². The van der Waals surface area contributed by atoms with E-state index in [1.807, 2.05) is 35.2 Å². The summed E-state index contributed by atoms with van der Waals surface area (Å²) in [5.74, 6) is -1.13. The number of halogens is 3. The average Bonchev–Trinajstić information content (AvgIpc) is 3.34. The summed E-state index contributed by atoms with van der Waals surface area (Å²) in [5, 5.41) is 23.5. The van der Waals surface area contributed by atoms with Gasteiger partial charge in [-0.1, -0.05) is 61.7 Å². The number of rotatable bonds is 16. The van der Waals surface area contributed by atoms with Crippen molar-refractivity contribution in [3.63, 3.8) is 0 Å². The van der Waals surface area contributed by atoms with Crippen molar-refractivity contribution in [1.82, 2.24) is 20.0 Å². The van der Waals surface area contributed by atoms with Crippen LogP contribution in [-0.2, 0) is 48.0 Å². The fourth-order valence-electron chi connectivity index (χ4n) is 9.40. The number of phenols is 1. The van der Waals surface area contributed by atoms with Crippen molar-refractivity contribution < 1.29 is 66.2 Å². The normalized spacial score (nSPS) is 19.2. The maximum atomic E-state index is 13.6. The number of aliphatic carboxylic acids is 1. The fourth-order valence-corrected chi connectivity index (χ4v) is 9.40. The molecule has 3 fully saturated rings. The second kappa shape index (κ2) is 23.6. The van der Waals surface area contributed by atoms with Crippen LogP contribution in [0, 0.1) is 0 Å². The molecule has 370 valence electrons. The van der Waals surface area contributed by atoms with Crippen LogP contribution in [0.3, 0.4) is 0 Å². The molecule has 1 spiro atoms. The zero-order valence-electron chi connectivity index (χ0n) is 38.2. The van der Waals surface area contributed by atoms with Gasteiger partial charge >= 0.3 is 12.1 Å². The number of nitrogens with one attached hydrogen (secondary N) is 2. The fraction of sp³-hybridized carbons (Fsp3) is 0.551. The van der Waals surface area contributed by atoms with Gasteiger partial charge in [-0.2, -0.15) is 13.2 Å². The Morgan fingerprint density at radius 1 is 0.912 bits per heavy atom. The zero-order chi connectivity index (χ0) is 48.1. The van der Waals surface area contributed by atoms with E-state index in [4.69, 9.17) is 33.6 Å². The van der Waals surface area contributed by atoms with E-state index in [2.05, 4.69) is 44.7 Å². The number of carbonyl (C=O) groups is 4. The number of alkyl halides is 3. The molecular weight excluding hydrogens is 892 g/mol. The molecular formula is C49H62F3N5O11. The Morgan fingerprint density at radius 3 is 2.43 bits per heavy atom. The number of likely N-dealkylation sites (tertiary alicyclic amines) is 1. The summed E-state index contributed by atoms with van der Waals surface area (Å²) in [7, 11) is 0. The highest BCUT2D eigenvalue weighted by Gasteiger charge is 2.43. The van der Waals surface area contributed by atoms with Crippen molar-refractivity contribution in [3.05, 3.63) is 77.4 Å². The maximum Gasteiger partial charge on any atom is 0.490 e. The molecule has 5 aliphatic rings. The number of carboxylic acids is 1. The quantitative estimate of drug-likeness (QED) is 0.107. The zero-order valence-corrected chi connectivity index (χ0v) is 38.2. The molecule has 3 amide bonds. The summed E-state index contributed by atoms with van der Waals surface area (Å²) < 4.78 is 61.6. The average molecular weight is 954 g/mol. The lowest BCUT2D eigenvalue weighted by molar-refractivity contribution is -0.192. The summed E-state index contributed by atoms with van der Waals surface area (Å²) in [5.41, 5.74) is 3.39. The van der Waals surface area contributed by atoms with Gasteiger partial charge in [0, 0.05) is 51.9 Å². The first-order chi connectivity index (χ1) is 32.8. The smallest absolute Gasteiger partial charge is 0.490 e. The molecule has 19 heteroatoms. The monoisotopic (exact) mass is 953 g/mol. The van der Waals surface area contributed by atoms with E-state index in [0.717, 1.165) is 70.1 Å². The molecule has 0 radical (unpaired) electrons. The van der Waals surface area contributed by atoms with E-state index in [1.165, 1.54) is 17.5 Å². The molecule has 1 atom stereocenters. The minimum atomic E-state index is -5.08. The number of carboxylic acid groups (broad SMARTS) is 1. The first kappa shape index (κ1) is 50.3. The minimum Gasteiger partial charge on any atom is -0.506 e. The van der Waals surface area contributed by atoms with Crippen LogP contribution in [0.5, 0.6) is 23.0 Å². The molecule has 0 aromatic heterocycles. The molecule has 16 nitrogen and oxygen atoms in total. The highest BCUT2D eigenvalue weighted by Crippen LogP contribution is 2.39. The topological polar surface area (TPSA) is 189 Å². The van der Waals surface area contributed by atoms with Gasteiger partial charge in [0.25, 0.3) is 11.8 Å². The number of benzene rings is 3. The number of aromatic hydroxyl groups is 1. The van der Waals surface area contributed by atoms with E-state index in [9.17, 15) is 32.7 Å². The van der Waals surface area contributed by atoms with E-state index in [1.54, 1.807) is 6.07 Å². The number of hydrogen-bond acceptors (Lipinski definition) is 12. The number of amides is 3. The highest BCUT2D eigenvalue weighted by molar-refractivity contribution is 5.97. The standard InChI is InChI=1S/C47H61N5O9.C2HF3O2/c53-38-14-13-36(45-44(38)49-42(54)32-59-45)15-20-48-21-24-52(37-9-2-1-3-10-37)43(55)17-27-57-26-16-34-7-6-8-35(29-34)30-50-22-18-47(19-23-50)33-51(25-28-60-47)46(56)41-31-58-39-11-4-5-12-40(39)61-41;3-2(4,5)1(6)7/h4-8,11-14,29,37,41,48,53H,1-3,9-10,15-28,30-33H2,(H,49,54);(H,6,7).